The SMILES string of the molecule is O=C1C(=O)N(c2nccs2)[C@H](c2ccc(Cl)c(Cl)c2)/C1=C(\O)c1ccc(Br)cc1. The van der Waals surface area contributed by atoms with Gasteiger partial charge >= 0.3 is 5.91 Å². The van der Waals surface area contributed by atoms with E-state index < -0.39 is 17.7 Å². The third-order valence-electron chi connectivity index (χ3n) is 4.45. The van der Waals surface area contributed by atoms with E-state index in [1.54, 1.807) is 54.0 Å². The third-order valence-corrected chi connectivity index (χ3v) is 6.49. The number of benzene rings is 2. The molecule has 5 nitrogen and oxygen atoms in total. The van der Waals surface area contributed by atoms with Crippen molar-refractivity contribution >= 4 is 73.0 Å². The number of carbonyl (C=O) groups is 2. The number of anilines is 1. The highest BCUT2D eigenvalue weighted by atomic mass is 79.9. The molecule has 0 spiro atoms. The summed E-state index contributed by atoms with van der Waals surface area (Å²) < 4.78 is 0.818. The molecule has 146 valence electrons. The van der Waals surface area contributed by atoms with Crippen molar-refractivity contribution in [1.29, 1.82) is 0 Å². The van der Waals surface area contributed by atoms with E-state index in [-0.39, 0.29) is 16.4 Å². The summed E-state index contributed by atoms with van der Waals surface area (Å²) in [4.78, 5) is 31.3. The van der Waals surface area contributed by atoms with E-state index in [2.05, 4.69) is 20.9 Å². The van der Waals surface area contributed by atoms with Gasteiger partial charge in [-0.3, -0.25) is 14.5 Å². The maximum Gasteiger partial charge on any atom is 0.301 e. The Labute approximate surface area is 188 Å². The Hall–Kier alpha value is -2.19. The van der Waals surface area contributed by atoms with E-state index >= 15 is 0 Å². The second kappa shape index (κ2) is 7.91. The van der Waals surface area contributed by atoms with E-state index in [0.717, 1.165) is 4.47 Å². The highest BCUT2D eigenvalue weighted by Gasteiger charge is 2.48. The molecule has 0 bridgehead atoms. The molecule has 1 aliphatic heterocycles. The Bertz CT molecular complexity index is 1150. The predicted octanol–water partition coefficient (Wildman–Crippen LogP) is 5.84. The zero-order valence-electron chi connectivity index (χ0n) is 14.5. The van der Waals surface area contributed by atoms with Crippen LogP contribution in [0.1, 0.15) is 17.2 Å². The standard InChI is InChI=1S/C20H11BrCl2N2O3S/c21-12-4-1-10(2-5-12)17(26)15-16(11-3-6-13(22)14(23)9-11)25(19(28)18(15)27)20-24-7-8-29-20/h1-9,16,26H/b17-15+/t16-/m1/s1. The summed E-state index contributed by atoms with van der Waals surface area (Å²) >= 11 is 16.8. The molecular formula is C20H11BrCl2N2O3S. The molecule has 0 aliphatic carbocycles. The van der Waals surface area contributed by atoms with Gasteiger partial charge in [0.1, 0.15) is 5.76 Å². The first kappa shape index (κ1) is 20.1. The molecular weight excluding hydrogens is 499 g/mol. The summed E-state index contributed by atoms with van der Waals surface area (Å²) in [5.41, 5.74) is 0.911. The molecule has 9 heteroatoms. The molecule has 1 N–H and O–H groups in total. The van der Waals surface area contributed by atoms with Crippen molar-refractivity contribution in [3.8, 4) is 0 Å². The van der Waals surface area contributed by atoms with Crippen molar-refractivity contribution in [2.75, 3.05) is 4.90 Å². The van der Waals surface area contributed by atoms with Crippen LogP contribution in [0.25, 0.3) is 5.76 Å². The number of halogens is 3. The maximum atomic E-state index is 12.9. The zero-order valence-corrected chi connectivity index (χ0v) is 18.4. The molecule has 0 radical (unpaired) electrons. The number of ketones is 1. The van der Waals surface area contributed by atoms with E-state index in [1.165, 1.54) is 16.2 Å². The normalized spacial score (nSPS) is 18.4. The number of hydrogen-bond donors (Lipinski definition) is 1. The van der Waals surface area contributed by atoms with Gasteiger partial charge in [-0.05, 0) is 29.8 Å². The van der Waals surface area contributed by atoms with Crippen molar-refractivity contribution in [3.05, 3.63) is 85.3 Å². The fraction of sp³-hybridized carbons (Fsp3) is 0.0500. The number of rotatable bonds is 3. The summed E-state index contributed by atoms with van der Waals surface area (Å²) in [6.45, 7) is 0. The smallest absolute Gasteiger partial charge is 0.301 e. The van der Waals surface area contributed by atoms with Crippen LogP contribution in [0.5, 0.6) is 0 Å². The Kier molecular flexibility index (Phi) is 5.48. The van der Waals surface area contributed by atoms with E-state index in [9.17, 15) is 14.7 Å². The molecule has 1 fully saturated rings. The second-order valence-corrected chi connectivity index (χ2v) is 8.77. The van der Waals surface area contributed by atoms with Gasteiger partial charge in [-0.1, -0.05) is 57.3 Å². The summed E-state index contributed by atoms with van der Waals surface area (Å²) in [6, 6.07) is 10.7. The van der Waals surface area contributed by atoms with Crippen molar-refractivity contribution in [2.45, 2.75) is 6.04 Å². The highest BCUT2D eigenvalue weighted by molar-refractivity contribution is 9.10. The molecule has 1 atom stereocenters. The summed E-state index contributed by atoms with van der Waals surface area (Å²) in [5, 5.41) is 13.6. The number of aromatic nitrogens is 1. The molecule has 1 aliphatic rings. The largest absolute Gasteiger partial charge is 0.507 e. The molecule has 1 aromatic heterocycles. The first-order valence-corrected chi connectivity index (χ1v) is 10.7. The van der Waals surface area contributed by atoms with Gasteiger partial charge in [-0.2, -0.15) is 0 Å². The number of thiazole rings is 1. The minimum Gasteiger partial charge on any atom is -0.507 e. The first-order chi connectivity index (χ1) is 13.9. The average Bonchev–Trinajstić information content (AvgIpc) is 3.31. The third kappa shape index (κ3) is 3.59. The van der Waals surface area contributed by atoms with Gasteiger partial charge in [0.15, 0.2) is 5.13 Å². The number of aliphatic hydroxyl groups excluding tert-OH is 1. The van der Waals surface area contributed by atoms with E-state index in [1.807, 2.05) is 0 Å². The summed E-state index contributed by atoms with van der Waals surface area (Å²) in [7, 11) is 0. The second-order valence-electron chi connectivity index (χ2n) is 6.16. The number of amides is 1. The van der Waals surface area contributed by atoms with Crippen LogP contribution in [0.4, 0.5) is 5.13 Å². The van der Waals surface area contributed by atoms with Crippen LogP contribution in [0.15, 0.2) is 64.1 Å². The first-order valence-electron chi connectivity index (χ1n) is 8.30. The Morgan fingerprint density at radius 1 is 1.10 bits per heavy atom. The van der Waals surface area contributed by atoms with Crippen molar-refractivity contribution in [3.63, 3.8) is 0 Å². The number of nitrogens with zero attached hydrogens (tertiary/aromatic N) is 2. The number of aliphatic hydroxyl groups is 1. The molecule has 2 aromatic carbocycles. The van der Waals surface area contributed by atoms with Gasteiger partial charge in [0.05, 0.1) is 21.7 Å². The van der Waals surface area contributed by atoms with Crippen LogP contribution in [0.3, 0.4) is 0 Å². The molecule has 1 amide bonds. The number of hydrogen-bond acceptors (Lipinski definition) is 5. The van der Waals surface area contributed by atoms with Crippen LogP contribution in [-0.4, -0.2) is 21.8 Å². The monoisotopic (exact) mass is 508 g/mol. The van der Waals surface area contributed by atoms with Crippen LogP contribution in [-0.2, 0) is 9.59 Å². The molecule has 2 heterocycles. The molecule has 3 aromatic rings. The molecule has 0 saturated carbocycles. The van der Waals surface area contributed by atoms with Crippen molar-refractivity contribution in [1.82, 2.24) is 4.98 Å². The lowest BCUT2D eigenvalue weighted by atomic mass is 9.95. The van der Waals surface area contributed by atoms with Gasteiger partial charge in [0.25, 0.3) is 5.78 Å². The Balaban J connectivity index is 1.95. The lowest BCUT2D eigenvalue weighted by Crippen LogP contribution is -2.29. The van der Waals surface area contributed by atoms with Crippen molar-refractivity contribution < 1.29 is 14.7 Å². The van der Waals surface area contributed by atoms with Gasteiger partial charge in [-0.25, -0.2) is 4.98 Å². The van der Waals surface area contributed by atoms with Crippen molar-refractivity contribution in [2.24, 2.45) is 0 Å². The minimum absolute atomic E-state index is 0.0362. The quantitative estimate of drug-likeness (QED) is 0.273. The highest BCUT2D eigenvalue weighted by Crippen LogP contribution is 2.43. The van der Waals surface area contributed by atoms with Gasteiger partial charge in [0.2, 0.25) is 0 Å². The number of Topliss-reactive ketones (excluding diaryl/α,β-unsaturated/α-hetero) is 1. The van der Waals surface area contributed by atoms with Gasteiger partial charge < -0.3 is 5.11 Å². The summed E-state index contributed by atoms with van der Waals surface area (Å²) in [6.07, 6.45) is 1.54. The molecule has 0 unspecified atom stereocenters. The van der Waals surface area contributed by atoms with Crippen LogP contribution in [0, 0.1) is 0 Å². The minimum atomic E-state index is -0.889. The average molecular weight is 510 g/mol. The molecule has 29 heavy (non-hydrogen) atoms. The lowest BCUT2D eigenvalue weighted by molar-refractivity contribution is -0.132. The topological polar surface area (TPSA) is 70.5 Å². The predicted molar refractivity (Wildman–Crippen MR) is 118 cm³/mol. The van der Waals surface area contributed by atoms with Crippen LogP contribution >= 0.6 is 50.5 Å². The Morgan fingerprint density at radius 3 is 2.45 bits per heavy atom. The van der Waals surface area contributed by atoms with E-state index in [4.69, 9.17) is 23.2 Å². The fourth-order valence-corrected chi connectivity index (χ4v) is 4.36. The fourth-order valence-electron chi connectivity index (χ4n) is 3.13. The molecule has 4 rings (SSSR count). The zero-order chi connectivity index (χ0) is 20.7. The maximum absolute atomic E-state index is 12.9. The van der Waals surface area contributed by atoms with E-state index in [0.29, 0.717) is 21.3 Å². The number of carbonyl (C=O) groups excluding carboxylic acids is 2. The summed E-state index contributed by atoms with van der Waals surface area (Å²) in [5.74, 6) is -1.84. The lowest BCUT2D eigenvalue weighted by Gasteiger charge is -2.23. The Morgan fingerprint density at radius 2 is 1.83 bits per heavy atom. The molecule has 1 saturated heterocycles. The van der Waals surface area contributed by atoms with Gasteiger partial charge in [-0.15, -0.1) is 11.3 Å². The van der Waals surface area contributed by atoms with Crippen LogP contribution < -0.4 is 4.90 Å². The van der Waals surface area contributed by atoms with Crippen LogP contribution in [0.2, 0.25) is 10.0 Å². The van der Waals surface area contributed by atoms with Gasteiger partial charge in [0, 0.05) is 21.6 Å².